The number of nitrogens with one attached hydrogen (secondary N) is 2. The number of halogens is 3. The van der Waals surface area contributed by atoms with Gasteiger partial charge in [-0.3, -0.25) is 0 Å². The molecule has 8 heteroatoms. The third kappa shape index (κ3) is 7.49. The second kappa shape index (κ2) is 8.29. The lowest BCUT2D eigenvalue weighted by atomic mass is 9.97. The van der Waals surface area contributed by atoms with Crippen molar-refractivity contribution in [3.8, 4) is 17.9 Å². The van der Waals surface area contributed by atoms with Gasteiger partial charge in [0.05, 0.1) is 0 Å². The van der Waals surface area contributed by atoms with E-state index in [9.17, 15) is 23.7 Å². The minimum absolute atomic E-state index is 0.0339. The van der Waals surface area contributed by atoms with Crippen LogP contribution in [0.2, 0.25) is 0 Å². The van der Waals surface area contributed by atoms with Gasteiger partial charge in [0.15, 0.2) is 0 Å². The quantitative estimate of drug-likeness (QED) is 0.765. The highest BCUT2D eigenvalue weighted by atomic mass is 19.4. The molecule has 0 atom stereocenters. The summed E-state index contributed by atoms with van der Waals surface area (Å²) in [5.41, 5.74) is 0.0800. The second-order valence-electron chi connectivity index (χ2n) is 6.40. The van der Waals surface area contributed by atoms with E-state index in [0.717, 1.165) is 0 Å². The van der Waals surface area contributed by atoms with Crippen LogP contribution in [0.5, 0.6) is 5.75 Å². The SMILES string of the molecule is CC(C)(C)CN/C(C#N)=C(/C#N)NCc1ccccc1OC(F)(F)F. The number of para-hydroxylation sites is 1. The van der Waals surface area contributed by atoms with Gasteiger partial charge in [-0.25, -0.2) is 0 Å². The molecule has 134 valence electrons. The average molecular weight is 352 g/mol. The van der Waals surface area contributed by atoms with E-state index in [0.29, 0.717) is 6.54 Å². The number of alkyl halides is 3. The molecule has 0 fully saturated rings. The summed E-state index contributed by atoms with van der Waals surface area (Å²) in [6.45, 7) is 6.23. The van der Waals surface area contributed by atoms with Crippen LogP contribution in [-0.2, 0) is 6.54 Å². The van der Waals surface area contributed by atoms with Gasteiger partial charge >= 0.3 is 6.36 Å². The lowest BCUT2D eigenvalue weighted by molar-refractivity contribution is -0.274. The van der Waals surface area contributed by atoms with Gasteiger partial charge < -0.3 is 15.4 Å². The van der Waals surface area contributed by atoms with E-state index in [2.05, 4.69) is 15.4 Å². The minimum atomic E-state index is -4.81. The first kappa shape index (κ1) is 20.2. The van der Waals surface area contributed by atoms with E-state index in [4.69, 9.17) is 0 Å². The van der Waals surface area contributed by atoms with E-state index < -0.39 is 6.36 Å². The molecule has 0 heterocycles. The van der Waals surface area contributed by atoms with Crippen LogP contribution in [0.25, 0.3) is 0 Å². The molecule has 1 aromatic rings. The number of nitriles is 2. The lowest BCUT2D eigenvalue weighted by Crippen LogP contribution is -2.29. The van der Waals surface area contributed by atoms with Crippen molar-refractivity contribution < 1.29 is 17.9 Å². The summed E-state index contributed by atoms with van der Waals surface area (Å²) in [6, 6.07) is 9.33. The van der Waals surface area contributed by atoms with Gasteiger partial charge in [-0.05, 0) is 11.5 Å². The summed E-state index contributed by atoms with van der Waals surface area (Å²) in [6.07, 6.45) is -4.81. The van der Waals surface area contributed by atoms with Gasteiger partial charge in [-0.2, -0.15) is 10.5 Å². The van der Waals surface area contributed by atoms with Crippen LogP contribution < -0.4 is 15.4 Å². The van der Waals surface area contributed by atoms with Gasteiger partial charge in [-0.15, -0.1) is 13.2 Å². The Balaban J connectivity index is 2.92. The van der Waals surface area contributed by atoms with Gasteiger partial charge in [0.2, 0.25) is 0 Å². The Bertz CT molecular complexity index is 706. The smallest absolute Gasteiger partial charge is 0.405 e. The molecule has 0 aliphatic rings. The molecule has 0 saturated carbocycles. The Morgan fingerprint density at radius 3 is 2.12 bits per heavy atom. The molecular weight excluding hydrogens is 333 g/mol. The third-order valence-corrected chi connectivity index (χ3v) is 2.92. The number of rotatable bonds is 6. The van der Waals surface area contributed by atoms with Gasteiger partial charge in [0.1, 0.15) is 29.3 Å². The van der Waals surface area contributed by atoms with Gasteiger partial charge in [0, 0.05) is 18.7 Å². The Morgan fingerprint density at radius 1 is 1.04 bits per heavy atom. The highest BCUT2D eigenvalue weighted by molar-refractivity contribution is 5.37. The molecule has 0 radical (unpaired) electrons. The zero-order chi connectivity index (χ0) is 19.1. The lowest BCUT2D eigenvalue weighted by Gasteiger charge is -2.20. The van der Waals surface area contributed by atoms with Crippen LogP contribution >= 0.6 is 0 Å². The number of benzene rings is 1. The largest absolute Gasteiger partial charge is 0.573 e. The van der Waals surface area contributed by atoms with Crippen LogP contribution in [-0.4, -0.2) is 12.9 Å². The van der Waals surface area contributed by atoms with E-state index in [1.165, 1.54) is 18.2 Å². The normalized spacial score (nSPS) is 12.5. The van der Waals surface area contributed by atoms with Crippen molar-refractivity contribution in [3.05, 3.63) is 41.2 Å². The molecule has 0 saturated heterocycles. The molecule has 1 rings (SSSR count). The van der Waals surface area contributed by atoms with Crippen molar-refractivity contribution in [1.82, 2.24) is 10.6 Å². The highest BCUT2D eigenvalue weighted by Crippen LogP contribution is 2.26. The Labute approximate surface area is 144 Å². The number of nitrogens with zero attached hydrogens (tertiary/aromatic N) is 2. The topological polar surface area (TPSA) is 80.9 Å². The van der Waals surface area contributed by atoms with Gasteiger partial charge in [-0.1, -0.05) is 39.0 Å². The van der Waals surface area contributed by atoms with E-state index in [1.807, 2.05) is 32.9 Å². The standard InChI is InChI=1S/C17H19F3N4O/c1-16(2,3)11-24-14(9-22)13(8-21)23-10-12-6-4-5-7-15(12)25-17(18,19)20/h4-7,23-24H,10-11H2,1-3H3/b14-13-. The molecule has 0 unspecified atom stereocenters. The van der Waals surface area contributed by atoms with Crippen molar-refractivity contribution in [2.75, 3.05) is 6.54 Å². The van der Waals surface area contributed by atoms with Crippen LogP contribution in [0.15, 0.2) is 35.7 Å². The first-order chi connectivity index (χ1) is 11.6. The molecule has 2 N–H and O–H groups in total. The molecular formula is C17H19F3N4O. The summed E-state index contributed by atoms with van der Waals surface area (Å²) >= 11 is 0. The van der Waals surface area contributed by atoms with Crippen molar-refractivity contribution in [2.24, 2.45) is 5.41 Å². The summed E-state index contributed by atoms with van der Waals surface area (Å²) in [7, 11) is 0. The summed E-state index contributed by atoms with van der Waals surface area (Å²) in [5, 5.41) is 24.0. The molecule has 0 aliphatic carbocycles. The summed E-state index contributed by atoms with van der Waals surface area (Å²) in [4.78, 5) is 0. The number of ether oxygens (including phenoxy) is 1. The number of allylic oxidation sites excluding steroid dienone is 2. The average Bonchev–Trinajstić information content (AvgIpc) is 2.49. The Kier molecular flexibility index (Phi) is 6.69. The van der Waals surface area contributed by atoms with Crippen molar-refractivity contribution in [3.63, 3.8) is 0 Å². The Hall–Kier alpha value is -2.87. The van der Waals surface area contributed by atoms with E-state index in [-0.39, 0.29) is 34.7 Å². The molecule has 0 aromatic heterocycles. The van der Waals surface area contributed by atoms with Crippen LogP contribution in [0, 0.1) is 28.1 Å². The number of hydrogen-bond donors (Lipinski definition) is 2. The van der Waals surface area contributed by atoms with Gasteiger partial charge in [0.25, 0.3) is 0 Å². The predicted molar refractivity (Wildman–Crippen MR) is 85.7 cm³/mol. The molecule has 5 nitrogen and oxygen atoms in total. The Morgan fingerprint density at radius 2 is 1.60 bits per heavy atom. The van der Waals surface area contributed by atoms with E-state index >= 15 is 0 Å². The monoisotopic (exact) mass is 352 g/mol. The van der Waals surface area contributed by atoms with E-state index in [1.54, 1.807) is 6.07 Å². The number of hydrogen-bond acceptors (Lipinski definition) is 5. The fraction of sp³-hybridized carbons (Fsp3) is 0.412. The summed E-state index contributed by atoms with van der Waals surface area (Å²) < 4.78 is 41.2. The minimum Gasteiger partial charge on any atom is -0.405 e. The second-order valence-corrected chi connectivity index (χ2v) is 6.40. The maximum Gasteiger partial charge on any atom is 0.573 e. The molecule has 0 amide bonds. The first-order valence-corrected chi connectivity index (χ1v) is 7.41. The molecule has 1 aromatic carbocycles. The molecule has 0 bridgehead atoms. The zero-order valence-electron chi connectivity index (χ0n) is 14.2. The zero-order valence-corrected chi connectivity index (χ0v) is 14.2. The maximum atomic E-state index is 12.4. The van der Waals surface area contributed by atoms with Crippen molar-refractivity contribution in [2.45, 2.75) is 33.7 Å². The molecule has 0 aliphatic heterocycles. The van der Waals surface area contributed by atoms with Crippen LogP contribution in [0.3, 0.4) is 0 Å². The van der Waals surface area contributed by atoms with Crippen molar-refractivity contribution in [1.29, 1.82) is 10.5 Å². The maximum absolute atomic E-state index is 12.4. The van der Waals surface area contributed by atoms with Crippen LogP contribution in [0.4, 0.5) is 13.2 Å². The predicted octanol–water partition coefficient (Wildman–Crippen LogP) is 3.57. The fourth-order valence-electron chi connectivity index (χ4n) is 1.78. The molecule has 25 heavy (non-hydrogen) atoms. The van der Waals surface area contributed by atoms with Crippen LogP contribution in [0.1, 0.15) is 26.3 Å². The fourth-order valence-corrected chi connectivity index (χ4v) is 1.78. The molecule has 0 spiro atoms. The van der Waals surface area contributed by atoms with Crippen molar-refractivity contribution >= 4 is 0 Å². The third-order valence-electron chi connectivity index (χ3n) is 2.92. The summed E-state index contributed by atoms with van der Waals surface area (Å²) in [5.74, 6) is -0.360. The highest BCUT2D eigenvalue weighted by Gasteiger charge is 2.32. The first-order valence-electron chi connectivity index (χ1n) is 7.41.